The summed E-state index contributed by atoms with van der Waals surface area (Å²) in [7, 11) is -3.07. The van der Waals surface area contributed by atoms with Crippen molar-refractivity contribution in [3.8, 4) is 0 Å². The van der Waals surface area contributed by atoms with E-state index in [9.17, 15) is 18.0 Å². The lowest BCUT2D eigenvalue weighted by Gasteiger charge is -2.31. The number of morpholine rings is 1. The van der Waals surface area contributed by atoms with Crippen LogP contribution >= 0.6 is 0 Å². The quantitative estimate of drug-likeness (QED) is 0.604. The summed E-state index contributed by atoms with van der Waals surface area (Å²) >= 11 is 0. The summed E-state index contributed by atoms with van der Waals surface area (Å²) in [5.41, 5.74) is 0. The van der Waals surface area contributed by atoms with Gasteiger partial charge < -0.3 is 14.5 Å². The van der Waals surface area contributed by atoms with Gasteiger partial charge in [-0.15, -0.1) is 0 Å². The van der Waals surface area contributed by atoms with Gasteiger partial charge in [0.15, 0.2) is 9.84 Å². The van der Waals surface area contributed by atoms with Gasteiger partial charge in [0.25, 0.3) is 0 Å². The average Bonchev–Trinajstić information content (AvgIpc) is 2.79. The molecule has 2 saturated heterocycles. The first-order chi connectivity index (χ1) is 9.44. The van der Waals surface area contributed by atoms with Crippen LogP contribution < -0.4 is 0 Å². The molecule has 20 heavy (non-hydrogen) atoms. The number of hydrogen-bond donors (Lipinski definition) is 0. The molecule has 7 nitrogen and oxygen atoms in total. The molecule has 0 aromatic carbocycles. The van der Waals surface area contributed by atoms with Crippen LogP contribution in [0.2, 0.25) is 0 Å². The van der Waals surface area contributed by atoms with E-state index in [0.29, 0.717) is 39.3 Å². The number of ether oxygens (including phenoxy) is 1. The highest BCUT2D eigenvalue weighted by molar-refractivity contribution is 7.91. The Labute approximate surface area is 118 Å². The van der Waals surface area contributed by atoms with Crippen LogP contribution in [-0.4, -0.2) is 80.4 Å². The molecule has 2 aliphatic rings. The molecule has 8 heteroatoms. The molecule has 0 aromatic heterocycles. The lowest BCUT2D eigenvalue weighted by atomic mass is 10.2. The van der Waals surface area contributed by atoms with E-state index < -0.39 is 21.7 Å². The Balaban J connectivity index is 2.03. The van der Waals surface area contributed by atoms with Gasteiger partial charge in [0.05, 0.1) is 24.7 Å². The normalized spacial score (nSPS) is 25.4. The molecule has 0 saturated carbocycles. The van der Waals surface area contributed by atoms with Crippen LogP contribution in [-0.2, 0) is 24.2 Å². The van der Waals surface area contributed by atoms with Crippen LogP contribution in [0.3, 0.4) is 0 Å². The third kappa shape index (κ3) is 3.29. The number of amides is 2. The van der Waals surface area contributed by atoms with E-state index >= 15 is 0 Å². The van der Waals surface area contributed by atoms with Gasteiger partial charge >= 0.3 is 11.8 Å². The van der Waals surface area contributed by atoms with Gasteiger partial charge in [-0.1, -0.05) is 0 Å². The van der Waals surface area contributed by atoms with Crippen molar-refractivity contribution in [2.75, 3.05) is 44.4 Å². The van der Waals surface area contributed by atoms with Crippen LogP contribution in [0.25, 0.3) is 0 Å². The van der Waals surface area contributed by atoms with Gasteiger partial charge in [0.2, 0.25) is 0 Å². The molecule has 2 heterocycles. The molecule has 114 valence electrons. The van der Waals surface area contributed by atoms with Gasteiger partial charge in [-0.2, -0.15) is 0 Å². The van der Waals surface area contributed by atoms with Crippen LogP contribution in [0.4, 0.5) is 0 Å². The van der Waals surface area contributed by atoms with Crippen molar-refractivity contribution >= 4 is 21.7 Å². The van der Waals surface area contributed by atoms with Crippen molar-refractivity contribution in [3.05, 3.63) is 0 Å². The monoisotopic (exact) mass is 304 g/mol. The number of likely N-dealkylation sites (N-methyl/N-ethyl adjacent to an activating group) is 1. The molecule has 2 fully saturated rings. The minimum atomic E-state index is -3.07. The summed E-state index contributed by atoms with van der Waals surface area (Å²) in [6.07, 6.45) is 0.415. The lowest BCUT2D eigenvalue weighted by Crippen LogP contribution is -2.52. The predicted molar refractivity (Wildman–Crippen MR) is 71.8 cm³/mol. The molecule has 2 amide bonds. The fourth-order valence-corrected chi connectivity index (χ4v) is 4.34. The first kappa shape index (κ1) is 15.2. The standard InChI is InChI=1S/C12H20N2O5S/c1-2-14(10-3-8-20(17,18)9-10)12(16)11(15)13-4-6-19-7-5-13/h10H,2-9H2,1H3. The summed E-state index contributed by atoms with van der Waals surface area (Å²) in [6.45, 7) is 3.78. The fraction of sp³-hybridized carbons (Fsp3) is 0.833. The van der Waals surface area contributed by atoms with Gasteiger partial charge in [-0.3, -0.25) is 9.59 Å². The van der Waals surface area contributed by atoms with Crippen LogP contribution in [0.5, 0.6) is 0 Å². The second-order valence-electron chi connectivity index (χ2n) is 5.05. The molecule has 1 unspecified atom stereocenters. The highest BCUT2D eigenvalue weighted by atomic mass is 32.2. The Morgan fingerprint density at radius 3 is 2.45 bits per heavy atom. The van der Waals surface area contributed by atoms with Crippen LogP contribution in [0.15, 0.2) is 0 Å². The number of hydrogen-bond acceptors (Lipinski definition) is 5. The number of carbonyl (C=O) groups excluding carboxylic acids is 2. The molecule has 2 aliphatic heterocycles. The van der Waals surface area contributed by atoms with E-state index in [4.69, 9.17) is 4.74 Å². The van der Waals surface area contributed by atoms with E-state index in [1.807, 2.05) is 0 Å². The molecule has 0 spiro atoms. The lowest BCUT2D eigenvalue weighted by molar-refractivity contribution is -0.155. The predicted octanol–water partition coefficient (Wildman–Crippen LogP) is -1.12. The molecule has 0 aromatic rings. The Bertz CT molecular complexity index is 484. The Hall–Kier alpha value is -1.15. The first-order valence-electron chi connectivity index (χ1n) is 6.82. The second kappa shape index (κ2) is 6.09. The summed E-state index contributed by atoms with van der Waals surface area (Å²) < 4.78 is 28.2. The summed E-state index contributed by atoms with van der Waals surface area (Å²) in [5.74, 6) is -1.10. The topological polar surface area (TPSA) is 84.0 Å². The van der Waals surface area contributed by atoms with Gasteiger partial charge in [-0.05, 0) is 13.3 Å². The molecular weight excluding hydrogens is 284 g/mol. The largest absolute Gasteiger partial charge is 0.378 e. The van der Waals surface area contributed by atoms with Crippen molar-refractivity contribution < 1.29 is 22.7 Å². The first-order valence-corrected chi connectivity index (χ1v) is 8.65. The SMILES string of the molecule is CCN(C(=O)C(=O)N1CCOCC1)C1CCS(=O)(=O)C1. The third-order valence-corrected chi connectivity index (χ3v) is 5.48. The van der Waals surface area contributed by atoms with Crippen molar-refractivity contribution in [2.24, 2.45) is 0 Å². The van der Waals surface area contributed by atoms with Crippen LogP contribution in [0, 0.1) is 0 Å². The van der Waals surface area contributed by atoms with Gasteiger partial charge in [-0.25, -0.2) is 8.42 Å². The molecular formula is C12H20N2O5S. The van der Waals surface area contributed by atoms with Crippen molar-refractivity contribution in [1.29, 1.82) is 0 Å². The Morgan fingerprint density at radius 2 is 1.95 bits per heavy atom. The zero-order valence-corrected chi connectivity index (χ0v) is 12.4. The van der Waals surface area contributed by atoms with E-state index in [1.165, 1.54) is 9.80 Å². The summed E-state index contributed by atoms with van der Waals surface area (Å²) in [4.78, 5) is 27.3. The van der Waals surface area contributed by atoms with Crippen molar-refractivity contribution in [1.82, 2.24) is 9.80 Å². The molecule has 0 aliphatic carbocycles. The molecule has 0 radical (unpaired) electrons. The van der Waals surface area contributed by atoms with E-state index in [2.05, 4.69) is 0 Å². The number of rotatable bonds is 2. The number of nitrogens with zero attached hydrogens (tertiary/aromatic N) is 2. The van der Waals surface area contributed by atoms with Crippen LogP contribution in [0.1, 0.15) is 13.3 Å². The van der Waals surface area contributed by atoms with E-state index in [1.54, 1.807) is 6.92 Å². The molecule has 0 N–H and O–H groups in total. The minimum Gasteiger partial charge on any atom is -0.378 e. The van der Waals surface area contributed by atoms with Gasteiger partial charge in [0, 0.05) is 25.7 Å². The highest BCUT2D eigenvalue weighted by Gasteiger charge is 2.37. The van der Waals surface area contributed by atoms with Crippen molar-refractivity contribution in [3.63, 3.8) is 0 Å². The summed E-state index contributed by atoms with van der Waals surface area (Å²) in [5, 5.41) is 0. The molecule has 2 rings (SSSR count). The smallest absolute Gasteiger partial charge is 0.312 e. The zero-order valence-electron chi connectivity index (χ0n) is 11.6. The van der Waals surface area contributed by atoms with E-state index in [0.717, 1.165) is 0 Å². The Morgan fingerprint density at radius 1 is 1.30 bits per heavy atom. The number of sulfone groups is 1. The maximum absolute atomic E-state index is 12.3. The van der Waals surface area contributed by atoms with Crippen molar-refractivity contribution in [2.45, 2.75) is 19.4 Å². The maximum Gasteiger partial charge on any atom is 0.312 e. The second-order valence-corrected chi connectivity index (χ2v) is 7.28. The maximum atomic E-state index is 12.3. The van der Waals surface area contributed by atoms with Gasteiger partial charge in [0.1, 0.15) is 0 Å². The highest BCUT2D eigenvalue weighted by Crippen LogP contribution is 2.18. The molecule has 1 atom stereocenters. The Kier molecular flexibility index (Phi) is 4.64. The minimum absolute atomic E-state index is 0.0387. The average molecular weight is 304 g/mol. The van der Waals surface area contributed by atoms with E-state index in [-0.39, 0.29) is 17.5 Å². The molecule has 0 bridgehead atoms. The number of carbonyl (C=O) groups is 2. The summed E-state index contributed by atoms with van der Waals surface area (Å²) in [6, 6.07) is -0.373. The third-order valence-electron chi connectivity index (χ3n) is 3.73. The fourth-order valence-electron chi connectivity index (χ4n) is 2.61. The zero-order chi connectivity index (χ0) is 14.8.